The molecule has 24 heteroatoms. The number of unbranched alkanes of at least 4 members (excludes halogenated alkanes) is 6. The first-order valence-corrected chi connectivity index (χ1v) is 17.1. The highest BCUT2D eigenvalue weighted by molar-refractivity contribution is 7.75. The zero-order chi connectivity index (χ0) is 39.4. The minimum Gasteiger partial charge on any atom is -1.00 e. The topological polar surface area (TPSA) is 0 Å². The van der Waals surface area contributed by atoms with Gasteiger partial charge in [-0.05, 0) is 25.7 Å². The summed E-state index contributed by atoms with van der Waals surface area (Å²) in [5, 5.41) is 0. The zero-order valence-corrected chi connectivity index (χ0v) is 29.1. The number of rotatable bonds is 22. The molecule has 0 fully saturated rings. The highest BCUT2D eigenvalue weighted by atomic mass is 127. The highest BCUT2D eigenvalue weighted by Gasteiger charge is 2.88. The smallest absolute Gasteiger partial charge is 0.460 e. The second kappa shape index (κ2) is 17.4. The van der Waals surface area contributed by atoms with Crippen molar-refractivity contribution < 1.29 is 121 Å². The van der Waals surface area contributed by atoms with Gasteiger partial charge in [-0.25, -0.2) is 0 Å². The van der Waals surface area contributed by atoms with E-state index in [-0.39, 0.29) is 62.5 Å². The van der Waals surface area contributed by atoms with E-state index in [2.05, 4.69) is 0 Å². The second-order valence-corrected chi connectivity index (χ2v) is 16.2. The van der Waals surface area contributed by atoms with Crippen molar-refractivity contribution in [3.05, 3.63) is 0 Å². The van der Waals surface area contributed by atoms with Crippen LogP contribution < -0.4 is 24.0 Å². The van der Waals surface area contributed by atoms with Crippen LogP contribution in [-0.4, -0.2) is 84.4 Å². The van der Waals surface area contributed by atoms with Crippen molar-refractivity contribution in [2.75, 3.05) is 24.6 Å². The lowest BCUT2D eigenvalue weighted by Crippen LogP contribution is -3.00. The first-order chi connectivity index (χ1) is 21.5. The zero-order valence-electron chi connectivity index (χ0n) is 26.0. The van der Waals surface area contributed by atoms with Gasteiger partial charge in [-0.1, -0.05) is 39.5 Å². The summed E-state index contributed by atoms with van der Waals surface area (Å²) in [6, 6.07) is 0. The van der Waals surface area contributed by atoms with Gasteiger partial charge in [0.25, 0.3) is 0 Å². The van der Waals surface area contributed by atoms with Crippen molar-refractivity contribution >= 4 is 7.26 Å². The molecular formula is C26H34F22IP. The monoisotopic (exact) mass is 922 g/mol. The van der Waals surface area contributed by atoms with E-state index in [9.17, 15) is 96.6 Å². The minimum atomic E-state index is -7.82. The van der Waals surface area contributed by atoms with E-state index >= 15 is 0 Å². The molecule has 0 saturated carbocycles. The van der Waals surface area contributed by atoms with E-state index < -0.39 is 104 Å². The third kappa shape index (κ3) is 10.4. The van der Waals surface area contributed by atoms with Crippen LogP contribution in [0.3, 0.4) is 0 Å². The Bertz CT molecular complexity index is 940. The van der Waals surface area contributed by atoms with Crippen LogP contribution in [0, 0.1) is 0 Å². The first-order valence-electron chi connectivity index (χ1n) is 14.5. The van der Waals surface area contributed by atoms with Crippen molar-refractivity contribution in [2.45, 2.75) is 138 Å². The molecule has 0 saturated heterocycles. The summed E-state index contributed by atoms with van der Waals surface area (Å²) in [5.41, 5.74) is 0. The van der Waals surface area contributed by atoms with Gasteiger partial charge in [0, 0.05) is 7.26 Å². The van der Waals surface area contributed by atoms with Crippen LogP contribution in [0.1, 0.15) is 78.1 Å². The fraction of sp³-hybridized carbons (Fsp3) is 1.00. The van der Waals surface area contributed by atoms with E-state index in [1.165, 1.54) is 0 Å². The number of alkyl halides is 22. The Balaban J connectivity index is 0. The fourth-order valence-corrected chi connectivity index (χ4v) is 9.34. The van der Waals surface area contributed by atoms with Crippen molar-refractivity contribution in [3.8, 4) is 0 Å². The molecule has 0 aliphatic heterocycles. The van der Waals surface area contributed by atoms with Gasteiger partial charge in [0.2, 0.25) is 0 Å². The van der Waals surface area contributed by atoms with Gasteiger partial charge in [0.05, 0.1) is 37.5 Å². The molecule has 0 aliphatic rings. The molecule has 0 amide bonds. The molecule has 0 atom stereocenters. The van der Waals surface area contributed by atoms with Crippen molar-refractivity contribution in [1.82, 2.24) is 0 Å². The molecule has 0 nitrogen and oxygen atoms in total. The van der Waals surface area contributed by atoms with Crippen LogP contribution in [0.2, 0.25) is 0 Å². The average molecular weight is 922 g/mol. The van der Waals surface area contributed by atoms with Gasteiger partial charge < -0.3 is 24.0 Å². The SMILES string of the molecule is CCCCCC[P+](CCCCCC)(CCC(F)(F)C(F)(F)C(F)(F)C(F)(F)C(F)(F)F)CCC(F)(F)C(F)(F)C(F)(F)C(F)(F)C(F)(F)F.[I-]. The summed E-state index contributed by atoms with van der Waals surface area (Å²) in [5.74, 6) is -59.1. The number of hydrogen-bond acceptors (Lipinski definition) is 0. The van der Waals surface area contributed by atoms with Gasteiger partial charge in [0.15, 0.2) is 0 Å². The molecule has 0 aromatic heterocycles. The third-order valence-electron chi connectivity index (χ3n) is 7.98. The molecular weight excluding hydrogens is 888 g/mol. The molecule has 0 aromatic rings. The highest BCUT2D eigenvalue weighted by Crippen LogP contribution is 2.66. The summed E-state index contributed by atoms with van der Waals surface area (Å²) in [7, 11) is -4.10. The molecule has 0 rings (SSSR count). The third-order valence-corrected chi connectivity index (χ3v) is 12.9. The Morgan fingerprint density at radius 3 is 0.800 bits per heavy atom. The lowest BCUT2D eigenvalue weighted by molar-refractivity contribution is -0.422. The predicted octanol–water partition coefficient (Wildman–Crippen LogP) is 10.2. The Kier molecular flexibility index (Phi) is 18.0. The van der Waals surface area contributed by atoms with Crippen molar-refractivity contribution in [3.63, 3.8) is 0 Å². The van der Waals surface area contributed by atoms with E-state index in [1.807, 2.05) is 0 Å². The van der Waals surface area contributed by atoms with Crippen molar-refractivity contribution in [1.29, 1.82) is 0 Å². The maximum absolute atomic E-state index is 14.6. The summed E-state index contributed by atoms with van der Waals surface area (Å²) in [4.78, 5) is 0. The van der Waals surface area contributed by atoms with Crippen LogP contribution in [0.15, 0.2) is 0 Å². The Hall–Kier alpha value is -0.380. The molecule has 0 aromatic carbocycles. The fourth-order valence-electron chi connectivity index (χ4n) is 4.70. The maximum Gasteiger partial charge on any atom is 0.460 e. The van der Waals surface area contributed by atoms with E-state index in [1.54, 1.807) is 13.8 Å². The Labute approximate surface area is 290 Å². The van der Waals surface area contributed by atoms with Gasteiger partial charge in [-0.3, -0.25) is 0 Å². The van der Waals surface area contributed by atoms with Crippen LogP contribution in [0.4, 0.5) is 96.6 Å². The van der Waals surface area contributed by atoms with Gasteiger partial charge in [0.1, 0.15) is 0 Å². The lowest BCUT2D eigenvalue weighted by Gasteiger charge is -2.39. The molecule has 0 aliphatic carbocycles. The van der Waals surface area contributed by atoms with Crippen LogP contribution in [-0.2, 0) is 0 Å². The van der Waals surface area contributed by atoms with Crippen LogP contribution in [0.5, 0.6) is 0 Å². The molecule has 0 spiro atoms. The molecule has 0 bridgehead atoms. The summed E-state index contributed by atoms with van der Waals surface area (Å²) >= 11 is 0. The van der Waals surface area contributed by atoms with E-state index in [0.717, 1.165) is 0 Å². The molecule has 304 valence electrons. The summed E-state index contributed by atoms with van der Waals surface area (Å²) in [6.07, 6.45) is -24.2. The van der Waals surface area contributed by atoms with Crippen LogP contribution >= 0.6 is 7.26 Å². The molecule has 0 unspecified atom stereocenters. The van der Waals surface area contributed by atoms with E-state index in [4.69, 9.17) is 0 Å². The lowest BCUT2D eigenvalue weighted by atomic mass is 9.96. The normalized spacial score (nSPS) is 15.4. The van der Waals surface area contributed by atoms with Gasteiger partial charge in [-0.15, -0.1) is 0 Å². The average Bonchev–Trinajstić information content (AvgIpc) is 2.93. The standard InChI is InChI=1S/C26H34F22P.HI/c1-3-5-7-9-13-49(14-10-8-6-4-2,15-11-17(27,28)19(31,32)21(35,36)23(39,40)25(43,44)45)16-12-18(29,30)20(33,34)22(37,38)24(41,42)26(46,47)48;/h3-16H2,1-2H3;1H/q+1;/p-1. The summed E-state index contributed by atoms with van der Waals surface area (Å²) in [6.45, 7) is 3.18. The molecule has 0 N–H and O–H groups in total. The maximum atomic E-state index is 14.6. The van der Waals surface area contributed by atoms with Gasteiger partial charge in [-0.2, -0.15) is 96.6 Å². The Morgan fingerprint density at radius 2 is 0.580 bits per heavy atom. The summed E-state index contributed by atoms with van der Waals surface area (Å²) < 4.78 is 299. The quantitative estimate of drug-likeness (QED) is 0.0440. The minimum absolute atomic E-state index is 0. The molecule has 0 heterocycles. The molecule has 50 heavy (non-hydrogen) atoms. The number of hydrogen-bond donors (Lipinski definition) is 0. The predicted molar refractivity (Wildman–Crippen MR) is 136 cm³/mol. The van der Waals surface area contributed by atoms with Crippen LogP contribution in [0.25, 0.3) is 0 Å². The second-order valence-electron chi connectivity index (χ2n) is 11.7. The van der Waals surface area contributed by atoms with Crippen molar-refractivity contribution in [2.24, 2.45) is 0 Å². The number of halogens is 23. The Morgan fingerprint density at radius 1 is 0.320 bits per heavy atom. The first kappa shape index (κ1) is 51.7. The van der Waals surface area contributed by atoms with E-state index in [0.29, 0.717) is 12.8 Å². The largest absolute Gasteiger partial charge is 1.00 e. The molecule has 0 radical (unpaired) electrons. The van der Waals surface area contributed by atoms with Gasteiger partial charge >= 0.3 is 59.7 Å².